The summed E-state index contributed by atoms with van der Waals surface area (Å²) in [5, 5.41) is 11.8. The molecule has 1 aliphatic rings. The lowest BCUT2D eigenvalue weighted by molar-refractivity contribution is -0.141. The maximum Gasteiger partial charge on any atom is 0.306 e. The highest BCUT2D eigenvalue weighted by Gasteiger charge is 2.29. The molecule has 1 aliphatic carbocycles. The molecule has 1 aromatic heterocycles. The summed E-state index contributed by atoms with van der Waals surface area (Å²) in [6.07, 6.45) is 4.91. The van der Waals surface area contributed by atoms with Gasteiger partial charge in [0.25, 0.3) is 5.56 Å². The fourth-order valence-corrected chi connectivity index (χ4v) is 1.98. The van der Waals surface area contributed by atoms with Crippen LogP contribution in [0.3, 0.4) is 0 Å². The monoisotopic (exact) mass is 223 g/mol. The standard InChI is InChI=1S/C10H13N3O3/c14-9-8(11-3-4-12-9)13-7-2-1-6(5-7)10(15)16/h3-4,6-7H,1-2,5H2,(H,11,13)(H,12,14)(H,15,16)/t6-,7+/m1/s1. The summed E-state index contributed by atoms with van der Waals surface area (Å²) >= 11 is 0. The Bertz CT molecular complexity index is 443. The van der Waals surface area contributed by atoms with E-state index in [0.717, 1.165) is 6.42 Å². The Labute approximate surface area is 91.7 Å². The second-order valence-corrected chi connectivity index (χ2v) is 3.96. The Morgan fingerprint density at radius 2 is 2.38 bits per heavy atom. The van der Waals surface area contributed by atoms with Crippen LogP contribution in [0, 0.1) is 5.92 Å². The first-order chi connectivity index (χ1) is 7.66. The zero-order valence-corrected chi connectivity index (χ0v) is 8.64. The first-order valence-corrected chi connectivity index (χ1v) is 5.20. The van der Waals surface area contributed by atoms with Gasteiger partial charge in [-0.3, -0.25) is 9.59 Å². The quantitative estimate of drug-likeness (QED) is 0.691. The van der Waals surface area contributed by atoms with Crippen LogP contribution in [-0.4, -0.2) is 27.1 Å². The molecule has 0 aliphatic heterocycles. The number of aromatic amines is 1. The van der Waals surface area contributed by atoms with Crippen molar-refractivity contribution in [2.45, 2.75) is 25.3 Å². The summed E-state index contributed by atoms with van der Waals surface area (Å²) in [6.45, 7) is 0. The summed E-state index contributed by atoms with van der Waals surface area (Å²) in [5.74, 6) is -0.807. The predicted octanol–water partition coefficient (Wildman–Crippen LogP) is 0.435. The molecule has 16 heavy (non-hydrogen) atoms. The van der Waals surface area contributed by atoms with Gasteiger partial charge in [0.1, 0.15) is 0 Å². The van der Waals surface area contributed by atoms with Crippen LogP contribution in [0.1, 0.15) is 19.3 Å². The van der Waals surface area contributed by atoms with Gasteiger partial charge in [-0.15, -0.1) is 0 Å². The number of nitrogens with one attached hydrogen (secondary N) is 2. The lowest BCUT2D eigenvalue weighted by atomic mass is 10.1. The van der Waals surface area contributed by atoms with Crippen molar-refractivity contribution < 1.29 is 9.90 Å². The highest BCUT2D eigenvalue weighted by Crippen LogP contribution is 2.27. The molecule has 6 heteroatoms. The number of aliphatic carboxylic acids is 1. The van der Waals surface area contributed by atoms with E-state index >= 15 is 0 Å². The highest BCUT2D eigenvalue weighted by molar-refractivity contribution is 5.70. The van der Waals surface area contributed by atoms with Gasteiger partial charge in [-0.05, 0) is 19.3 Å². The van der Waals surface area contributed by atoms with Crippen molar-refractivity contribution in [2.75, 3.05) is 5.32 Å². The maximum atomic E-state index is 11.3. The third-order valence-electron chi connectivity index (χ3n) is 2.83. The van der Waals surface area contributed by atoms with Gasteiger partial charge in [0.2, 0.25) is 0 Å². The van der Waals surface area contributed by atoms with Crippen LogP contribution in [0.5, 0.6) is 0 Å². The van der Waals surface area contributed by atoms with E-state index in [-0.39, 0.29) is 23.3 Å². The normalized spacial score (nSPS) is 24.2. The number of hydrogen-bond acceptors (Lipinski definition) is 4. The largest absolute Gasteiger partial charge is 0.481 e. The lowest BCUT2D eigenvalue weighted by Crippen LogP contribution is -2.23. The minimum Gasteiger partial charge on any atom is -0.481 e. The van der Waals surface area contributed by atoms with Crippen LogP contribution in [0.2, 0.25) is 0 Å². The van der Waals surface area contributed by atoms with Crippen LogP contribution in [0.25, 0.3) is 0 Å². The molecule has 2 rings (SSSR count). The Morgan fingerprint density at radius 1 is 1.56 bits per heavy atom. The third kappa shape index (κ3) is 2.21. The van der Waals surface area contributed by atoms with Crippen molar-refractivity contribution in [3.8, 4) is 0 Å². The minimum atomic E-state index is -0.765. The maximum absolute atomic E-state index is 11.3. The van der Waals surface area contributed by atoms with Crippen LogP contribution in [0.4, 0.5) is 5.82 Å². The van der Waals surface area contributed by atoms with Crippen LogP contribution in [0.15, 0.2) is 17.2 Å². The van der Waals surface area contributed by atoms with Gasteiger partial charge in [0, 0.05) is 18.4 Å². The van der Waals surface area contributed by atoms with Gasteiger partial charge in [-0.1, -0.05) is 0 Å². The topological polar surface area (TPSA) is 95.1 Å². The number of hydrogen-bond donors (Lipinski definition) is 3. The van der Waals surface area contributed by atoms with Gasteiger partial charge in [-0.2, -0.15) is 0 Å². The van der Waals surface area contributed by atoms with E-state index < -0.39 is 5.97 Å². The van der Waals surface area contributed by atoms with Gasteiger partial charge in [0.05, 0.1) is 5.92 Å². The fraction of sp³-hybridized carbons (Fsp3) is 0.500. The summed E-state index contributed by atoms with van der Waals surface area (Å²) in [4.78, 5) is 28.5. The number of aromatic nitrogens is 2. The first kappa shape index (κ1) is 10.7. The number of anilines is 1. The zero-order chi connectivity index (χ0) is 11.5. The number of nitrogens with zero attached hydrogens (tertiary/aromatic N) is 1. The van der Waals surface area contributed by atoms with Crippen molar-refractivity contribution >= 4 is 11.8 Å². The molecule has 0 unspecified atom stereocenters. The van der Waals surface area contributed by atoms with Crippen LogP contribution < -0.4 is 10.9 Å². The molecular weight excluding hydrogens is 210 g/mol. The number of carboxylic acid groups (broad SMARTS) is 1. The molecule has 0 saturated heterocycles. The van der Waals surface area contributed by atoms with Gasteiger partial charge in [0.15, 0.2) is 5.82 Å². The summed E-state index contributed by atoms with van der Waals surface area (Å²) < 4.78 is 0. The van der Waals surface area contributed by atoms with Crippen molar-refractivity contribution in [1.82, 2.24) is 9.97 Å². The Hall–Kier alpha value is -1.85. The molecule has 1 heterocycles. The molecule has 0 spiro atoms. The highest BCUT2D eigenvalue weighted by atomic mass is 16.4. The van der Waals surface area contributed by atoms with E-state index in [0.29, 0.717) is 12.8 Å². The summed E-state index contributed by atoms with van der Waals surface area (Å²) in [6, 6.07) is 0.0251. The number of carbonyl (C=O) groups is 1. The van der Waals surface area contributed by atoms with E-state index in [4.69, 9.17) is 5.11 Å². The molecule has 0 radical (unpaired) electrons. The number of rotatable bonds is 3. The molecule has 1 aromatic rings. The summed E-state index contributed by atoms with van der Waals surface area (Å²) in [5.41, 5.74) is -0.277. The Kier molecular flexibility index (Phi) is 2.89. The smallest absolute Gasteiger partial charge is 0.306 e. The van der Waals surface area contributed by atoms with E-state index in [1.807, 2.05) is 0 Å². The molecule has 0 bridgehead atoms. The van der Waals surface area contributed by atoms with E-state index in [1.165, 1.54) is 12.4 Å². The lowest BCUT2D eigenvalue weighted by Gasteiger charge is -2.11. The molecule has 0 amide bonds. The average molecular weight is 223 g/mol. The van der Waals surface area contributed by atoms with Crippen molar-refractivity contribution in [3.63, 3.8) is 0 Å². The minimum absolute atomic E-state index is 0.0251. The van der Waals surface area contributed by atoms with Gasteiger partial charge < -0.3 is 15.4 Å². The van der Waals surface area contributed by atoms with E-state index in [9.17, 15) is 9.59 Å². The molecule has 6 nitrogen and oxygen atoms in total. The van der Waals surface area contributed by atoms with Crippen molar-refractivity contribution in [2.24, 2.45) is 5.92 Å². The molecule has 2 atom stereocenters. The van der Waals surface area contributed by atoms with Gasteiger partial charge in [-0.25, -0.2) is 4.98 Å². The molecule has 0 aromatic carbocycles. The molecule has 86 valence electrons. The van der Waals surface area contributed by atoms with Crippen LogP contribution >= 0.6 is 0 Å². The Balaban J connectivity index is 2.00. The molecular formula is C10H13N3O3. The van der Waals surface area contributed by atoms with Gasteiger partial charge >= 0.3 is 5.97 Å². The van der Waals surface area contributed by atoms with E-state index in [1.54, 1.807) is 0 Å². The Morgan fingerprint density at radius 3 is 3.00 bits per heavy atom. The fourth-order valence-electron chi connectivity index (χ4n) is 1.98. The van der Waals surface area contributed by atoms with Crippen LogP contribution in [-0.2, 0) is 4.79 Å². The molecule has 3 N–H and O–H groups in total. The summed E-state index contributed by atoms with van der Waals surface area (Å²) in [7, 11) is 0. The molecule has 1 fully saturated rings. The first-order valence-electron chi connectivity index (χ1n) is 5.20. The SMILES string of the molecule is O=C(O)[C@@H]1CC[C@H](Nc2ncc[nH]c2=O)C1. The third-order valence-corrected chi connectivity index (χ3v) is 2.83. The second kappa shape index (κ2) is 4.34. The average Bonchev–Trinajstić information content (AvgIpc) is 2.70. The number of carboxylic acids is 1. The van der Waals surface area contributed by atoms with Crippen molar-refractivity contribution in [3.05, 3.63) is 22.7 Å². The molecule has 1 saturated carbocycles. The predicted molar refractivity (Wildman–Crippen MR) is 57.2 cm³/mol. The van der Waals surface area contributed by atoms with E-state index in [2.05, 4.69) is 15.3 Å². The number of H-pyrrole nitrogens is 1. The second-order valence-electron chi connectivity index (χ2n) is 3.96. The van der Waals surface area contributed by atoms with Crippen molar-refractivity contribution in [1.29, 1.82) is 0 Å². The zero-order valence-electron chi connectivity index (χ0n) is 8.64.